The van der Waals surface area contributed by atoms with Crippen molar-refractivity contribution in [2.24, 2.45) is 0 Å². The Balaban J connectivity index is 1.92. The van der Waals surface area contributed by atoms with Gasteiger partial charge in [-0.3, -0.25) is 4.79 Å². The maximum absolute atomic E-state index is 12.8. The van der Waals surface area contributed by atoms with E-state index in [0.717, 1.165) is 29.8 Å². The van der Waals surface area contributed by atoms with Crippen LogP contribution in [0.4, 0.5) is 4.39 Å². The molecule has 0 aliphatic heterocycles. The molecule has 0 bridgehead atoms. The lowest BCUT2D eigenvalue weighted by atomic mass is 10.1. The monoisotopic (exact) mass is 336 g/mol. The molecule has 122 valence electrons. The van der Waals surface area contributed by atoms with E-state index in [4.69, 9.17) is 0 Å². The second-order valence-corrected chi connectivity index (χ2v) is 6.75. The minimum absolute atomic E-state index is 0.0946. The molecule has 23 heavy (non-hydrogen) atoms. The number of hydrogen-bond donors (Lipinski definition) is 2. The number of nitrogens with one attached hydrogen (secondary N) is 2. The number of hydrogen-bond acceptors (Lipinski definition) is 3. The molecule has 2 aromatic rings. The fourth-order valence-corrected chi connectivity index (χ4v) is 2.96. The number of sulfonamides is 1. The molecule has 1 amide bonds. The molecule has 0 aliphatic carbocycles. The first-order valence-electron chi connectivity index (χ1n) is 6.98. The first kappa shape index (κ1) is 17.1. The van der Waals surface area contributed by atoms with E-state index in [9.17, 15) is 17.6 Å². The van der Waals surface area contributed by atoms with Gasteiger partial charge in [-0.15, -0.1) is 0 Å². The smallest absolute Gasteiger partial charge is 0.241 e. The Morgan fingerprint density at radius 1 is 1.09 bits per heavy atom. The molecule has 5 nitrogen and oxygen atoms in total. The molecule has 2 aromatic carbocycles. The topological polar surface area (TPSA) is 75.3 Å². The summed E-state index contributed by atoms with van der Waals surface area (Å²) in [6, 6.07) is 13.5. The van der Waals surface area contributed by atoms with Gasteiger partial charge in [0.1, 0.15) is 5.82 Å². The fraction of sp³-hybridized carbons (Fsp3) is 0.188. The zero-order valence-corrected chi connectivity index (χ0v) is 13.3. The Bertz CT molecular complexity index is 762. The van der Waals surface area contributed by atoms with Crippen LogP contribution in [0.2, 0.25) is 0 Å². The molecule has 0 saturated heterocycles. The van der Waals surface area contributed by atoms with Crippen molar-refractivity contribution in [2.75, 3.05) is 6.54 Å². The van der Waals surface area contributed by atoms with Crippen molar-refractivity contribution in [1.29, 1.82) is 0 Å². The van der Waals surface area contributed by atoms with Crippen LogP contribution in [0.25, 0.3) is 0 Å². The van der Waals surface area contributed by atoms with Crippen LogP contribution in [0.3, 0.4) is 0 Å². The Labute approximate surface area is 134 Å². The molecule has 0 spiro atoms. The van der Waals surface area contributed by atoms with Crippen LogP contribution < -0.4 is 10.0 Å². The molecule has 7 heteroatoms. The number of carbonyl (C=O) groups excluding carboxylic acids is 1. The maximum atomic E-state index is 12.8. The highest BCUT2D eigenvalue weighted by atomic mass is 32.2. The van der Waals surface area contributed by atoms with Crippen LogP contribution in [0.5, 0.6) is 0 Å². The number of rotatable bonds is 6. The summed E-state index contributed by atoms with van der Waals surface area (Å²) in [5.41, 5.74) is 0.919. The van der Waals surface area contributed by atoms with E-state index in [0.29, 0.717) is 0 Å². The molecule has 2 rings (SSSR count). The second kappa shape index (κ2) is 7.34. The number of halogens is 1. The molecular weight excluding hydrogens is 319 g/mol. The van der Waals surface area contributed by atoms with E-state index in [1.54, 1.807) is 0 Å². The second-order valence-electron chi connectivity index (χ2n) is 4.98. The Morgan fingerprint density at radius 3 is 2.30 bits per heavy atom. The molecule has 0 saturated carbocycles. The van der Waals surface area contributed by atoms with Gasteiger partial charge < -0.3 is 5.32 Å². The van der Waals surface area contributed by atoms with Gasteiger partial charge >= 0.3 is 0 Å². The van der Waals surface area contributed by atoms with Gasteiger partial charge in [0.15, 0.2) is 0 Å². The van der Waals surface area contributed by atoms with Gasteiger partial charge in [-0.05, 0) is 36.8 Å². The average molecular weight is 336 g/mol. The van der Waals surface area contributed by atoms with Gasteiger partial charge in [0.25, 0.3) is 0 Å². The van der Waals surface area contributed by atoms with Crippen molar-refractivity contribution in [3.8, 4) is 0 Å². The van der Waals surface area contributed by atoms with Crippen LogP contribution in [0.1, 0.15) is 18.5 Å². The van der Waals surface area contributed by atoms with Crippen LogP contribution in [-0.4, -0.2) is 20.9 Å². The quantitative estimate of drug-likeness (QED) is 0.847. The third kappa shape index (κ3) is 4.87. The lowest BCUT2D eigenvalue weighted by Gasteiger charge is -2.14. The van der Waals surface area contributed by atoms with Gasteiger partial charge in [0.2, 0.25) is 15.9 Å². The van der Waals surface area contributed by atoms with Crippen LogP contribution >= 0.6 is 0 Å². The van der Waals surface area contributed by atoms with E-state index in [1.165, 1.54) is 0 Å². The van der Waals surface area contributed by atoms with Crippen molar-refractivity contribution in [3.63, 3.8) is 0 Å². The van der Waals surface area contributed by atoms with E-state index in [-0.39, 0.29) is 10.9 Å². The molecule has 0 aliphatic rings. The van der Waals surface area contributed by atoms with Gasteiger partial charge in [-0.2, -0.15) is 0 Å². The largest absolute Gasteiger partial charge is 0.348 e. The zero-order valence-electron chi connectivity index (χ0n) is 12.5. The maximum Gasteiger partial charge on any atom is 0.241 e. The number of carbonyl (C=O) groups is 1. The first-order valence-corrected chi connectivity index (χ1v) is 8.46. The summed E-state index contributed by atoms with van der Waals surface area (Å²) in [4.78, 5) is 11.8. The lowest BCUT2D eigenvalue weighted by Crippen LogP contribution is -2.38. The Hall–Kier alpha value is -2.25. The highest BCUT2D eigenvalue weighted by Gasteiger charge is 2.16. The standard InChI is InChI=1S/C16H17FN2O3S/c1-12(13-5-3-2-4-6-13)19-16(20)11-18-23(21,22)15-9-7-14(17)8-10-15/h2-10,12,18H,11H2,1H3,(H,19,20)/t12-/m1/s1. The summed E-state index contributed by atoms with van der Waals surface area (Å²) in [5, 5.41) is 2.70. The summed E-state index contributed by atoms with van der Waals surface area (Å²) in [7, 11) is -3.85. The molecule has 0 unspecified atom stereocenters. The van der Waals surface area contributed by atoms with Crippen molar-refractivity contribution in [3.05, 3.63) is 66.0 Å². The first-order chi connectivity index (χ1) is 10.9. The third-order valence-electron chi connectivity index (χ3n) is 3.22. The van der Waals surface area contributed by atoms with Crippen LogP contribution in [0.15, 0.2) is 59.5 Å². The van der Waals surface area contributed by atoms with Gasteiger partial charge in [-0.25, -0.2) is 17.5 Å². The van der Waals surface area contributed by atoms with Crippen molar-refractivity contribution in [1.82, 2.24) is 10.0 Å². The number of benzene rings is 2. The van der Waals surface area contributed by atoms with Gasteiger partial charge in [-0.1, -0.05) is 30.3 Å². The zero-order chi connectivity index (χ0) is 16.9. The third-order valence-corrected chi connectivity index (χ3v) is 4.64. The van der Waals surface area contributed by atoms with Crippen molar-refractivity contribution < 1.29 is 17.6 Å². The fourth-order valence-electron chi connectivity index (χ4n) is 1.98. The Morgan fingerprint density at radius 2 is 1.70 bits per heavy atom. The summed E-state index contributed by atoms with van der Waals surface area (Å²) in [5.74, 6) is -0.981. The molecule has 0 aromatic heterocycles. The van der Waals surface area contributed by atoms with Crippen LogP contribution in [-0.2, 0) is 14.8 Å². The van der Waals surface area contributed by atoms with E-state index < -0.39 is 28.3 Å². The van der Waals surface area contributed by atoms with Crippen molar-refractivity contribution >= 4 is 15.9 Å². The predicted octanol–water partition coefficient (Wildman–Crippen LogP) is 1.98. The molecule has 1 atom stereocenters. The summed E-state index contributed by atoms with van der Waals surface area (Å²) >= 11 is 0. The molecule has 2 N–H and O–H groups in total. The summed E-state index contributed by atoms with van der Waals surface area (Å²) in [6.07, 6.45) is 0. The van der Waals surface area contributed by atoms with E-state index in [1.807, 2.05) is 37.3 Å². The van der Waals surface area contributed by atoms with Crippen LogP contribution in [0, 0.1) is 5.82 Å². The minimum atomic E-state index is -3.85. The summed E-state index contributed by atoms with van der Waals surface area (Å²) in [6.45, 7) is 1.42. The molecular formula is C16H17FN2O3S. The van der Waals surface area contributed by atoms with E-state index >= 15 is 0 Å². The van der Waals surface area contributed by atoms with Gasteiger partial charge in [0.05, 0.1) is 17.5 Å². The Kier molecular flexibility index (Phi) is 5.46. The summed E-state index contributed by atoms with van der Waals surface area (Å²) < 4.78 is 39.0. The number of amides is 1. The predicted molar refractivity (Wildman–Crippen MR) is 84.6 cm³/mol. The van der Waals surface area contributed by atoms with Gasteiger partial charge in [0, 0.05) is 0 Å². The SMILES string of the molecule is C[C@@H](NC(=O)CNS(=O)(=O)c1ccc(F)cc1)c1ccccc1. The van der Waals surface area contributed by atoms with E-state index in [2.05, 4.69) is 10.0 Å². The normalized spacial score (nSPS) is 12.6. The molecule has 0 heterocycles. The highest BCUT2D eigenvalue weighted by Crippen LogP contribution is 2.11. The molecule has 0 fully saturated rings. The highest BCUT2D eigenvalue weighted by molar-refractivity contribution is 7.89. The minimum Gasteiger partial charge on any atom is -0.348 e. The van der Waals surface area contributed by atoms with Crippen molar-refractivity contribution in [2.45, 2.75) is 17.9 Å². The lowest BCUT2D eigenvalue weighted by molar-refractivity contribution is -0.120. The molecule has 0 radical (unpaired) electrons. The average Bonchev–Trinajstić information content (AvgIpc) is 2.54.